The Morgan fingerprint density at radius 3 is 2.55 bits per heavy atom. The first kappa shape index (κ1) is 16.0. The van der Waals surface area contributed by atoms with Crippen LogP contribution in [0.4, 0.5) is 0 Å². The zero-order valence-electron chi connectivity index (χ0n) is 12.9. The van der Waals surface area contributed by atoms with Gasteiger partial charge in [0.25, 0.3) is 0 Å². The highest BCUT2D eigenvalue weighted by Crippen LogP contribution is 2.35. The fourth-order valence-electron chi connectivity index (χ4n) is 3.25. The summed E-state index contributed by atoms with van der Waals surface area (Å²) in [4.78, 5) is 2.58. The van der Waals surface area contributed by atoms with Crippen LogP contribution in [0.5, 0.6) is 0 Å². The average Bonchev–Trinajstić information content (AvgIpc) is 2.53. The Labute approximate surface area is 131 Å². The summed E-state index contributed by atoms with van der Waals surface area (Å²) in [6.45, 7) is 9.18. The Morgan fingerprint density at radius 1 is 1.20 bits per heavy atom. The van der Waals surface area contributed by atoms with Crippen molar-refractivity contribution in [1.29, 1.82) is 0 Å². The van der Waals surface area contributed by atoms with Gasteiger partial charge in [-0.25, -0.2) is 0 Å². The van der Waals surface area contributed by atoms with E-state index in [1.807, 2.05) is 0 Å². The van der Waals surface area contributed by atoms with Gasteiger partial charge >= 0.3 is 0 Å². The molecule has 2 rings (SSSR count). The van der Waals surface area contributed by atoms with Crippen molar-refractivity contribution in [3.8, 4) is 0 Å². The molecule has 1 aromatic rings. The number of halogens is 1. The smallest absolute Gasteiger partial charge is 0.0507 e. The highest BCUT2D eigenvalue weighted by Gasteiger charge is 2.30. The molecule has 2 nitrogen and oxygen atoms in total. The van der Waals surface area contributed by atoms with E-state index in [1.165, 1.54) is 29.3 Å². The van der Waals surface area contributed by atoms with Gasteiger partial charge < -0.3 is 5.73 Å². The predicted octanol–water partition coefficient (Wildman–Crippen LogP) is 4.35. The third kappa shape index (κ3) is 3.84. The molecule has 112 valence electrons. The number of benzene rings is 1. The van der Waals surface area contributed by atoms with Gasteiger partial charge in [0.05, 0.1) is 6.04 Å². The van der Waals surface area contributed by atoms with Gasteiger partial charge in [-0.3, -0.25) is 4.90 Å². The van der Waals surface area contributed by atoms with E-state index >= 15 is 0 Å². The van der Waals surface area contributed by atoms with Crippen LogP contribution in [0, 0.1) is 5.41 Å². The highest BCUT2D eigenvalue weighted by atomic mass is 79.9. The minimum atomic E-state index is 0.134. The summed E-state index contributed by atoms with van der Waals surface area (Å²) in [6, 6.07) is 8.93. The Balaban J connectivity index is 2.23. The van der Waals surface area contributed by atoms with Crippen molar-refractivity contribution in [2.24, 2.45) is 11.1 Å². The van der Waals surface area contributed by atoms with Crippen LogP contribution in [0.2, 0.25) is 0 Å². The Morgan fingerprint density at radius 2 is 1.90 bits per heavy atom. The molecular weight excluding hydrogens is 312 g/mol. The first-order valence-corrected chi connectivity index (χ1v) is 8.44. The summed E-state index contributed by atoms with van der Waals surface area (Å²) in [5, 5.41) is 0. The summed E-state index contributed by atoms with van der Waals surface area (Å²) in [7, 11) is 0. The maximum atomic E-state index is 6.32. The van der Waals surface area contributed by atoms with Gasteiger partial charge in [-0.15, -0.1) is 0 Å². The quantitative estimate of drug-likeness (QED) is 0.887. The molecule has 20 heavy (non-hydrogen) atoms. The fraction of sp³-hybridized carbons (Fsp3) is 0.647. The summed E-state index contributed by atoms with van der Waals surface area (Å²) in [5.74, 6) is 0. The molecule has 1 aromatic carbocycles. The first-order chi connectivity index (χ1) is 9.41. The molecule has 2 atom stereocenters. The maximum Gasteiger partial charge on any atom is 0.0507 e. The summed E-state index contributed by atoms with van der Waals surface area (Å²) < 4.78 is 1.17. The largest absolute Gasteiger partial charge is 0.326 e. The zero-order valence-corrected chi connectivity index (χ0v) is 14.5. The van der Waals surface area contributed by atoms with Gasteiger partial charge in [-0.2, -0.15) is 0 Å². The predicted molar refractivity (Wildman–Crippen MR) is 89.7 cm³/mol. The van der Waals surface area contributed by atoms with E-state index in [2.05, 4.69) is 65.9 Å². The molecule has 1 fully saturated rings. The summed E-state index contributed by atoms with van der Waals surface area (Å²) >= 11 is 3.69. The first-order valence-electron chi connectivity index (χ1n) is 7.65. The monoisotopic (exact) mass is 338 g/mol. The molecule has 1 heterocycles. The number of hydrogen-bond acceptors (Lipinski definition) is 2. The van der Waals surface area contributed by atoms with Gasteiger partial charge in [0.2, 0.25) is 0 Å². The number of likely N-dealkylation sites (tertiary alicyclic amines) is 1. The maximum absolute atomic E-state index is 6.32. The van der Waals surface area contributed by atoms with E-state index in [9.17, 15) is 0 Å². The lowest BCUT2D eigenvalue weighted by Crippen LogP contribution is -2.40. The highest BCUT2D eigenvalue weighted by molar-refractivity contribution is 9.10. The van der Waals surface area contributed by atoms with Crippen molar-refractivity contribution >= 4 is 15.9 Å². The Bertz CT molecular complexity index is 442. The van der Waals surface area contributed by atoms with Crippen LogP contribution in [0.15, 0.2) is 28.7 Å². The van der Waals surface area contributed by atoms with Crippen molar-refractivity contribution in [2.45, 2.75) is 52.1 Å². The van der Waals surface area contributed by atoms with Crippen molar-refractivity contribution in [3.05, 3.63) is 34.3 Å². The van der Waals surface area contributed by atoms with Crippen LogP contribution < -0.4 is 5.73 Å². The standard InChI is InChI=1S/C17H27BrN2/c1-13(19)16(14-7-4-5-8-15(14)18)20-11-6-9-17(2,3)10-12-20/h4-5,7-8,13,16H,6,9-12,19H2,1-3H3. The fourth-order valence-corrected chi connectivity index (χ4v) is 3.77. The van der Waals surface area contributed by atoms with Gasteiger partial charge in [-0.1, -0.05) is 48.0 Å². The van der Waals surface area contributed by atoms with Crippen LogP contribution in [0.25, 0.3) is 0 Å². The number of nitrogens with two attached hydrogens (primary N) is 1. The van der Waals surface area contributed by atoms with E-state index in [1.54, 1.807) is 0 Å². The van der Waals surface area contributed by atoms with Gasteiger partial charge in [0.15, 0.2) is 0 Å². The molecule has 0 bridgehead atoms. The Hall–Kier alpha value is -0.380. The van der Waals surface area contributed by atoms with Crippen molar-refractivity contribution in [1.82, 2.24) is 4.90 Å². The van der Waals surface area contributed by atoms with Crippen molar-refractivity contribution < 1.29 is 0 Å². The van der Waals surface area contributed by atoms with E-state index < -0.39 is 0 Å². The molecule has 0 spiro atoms. The van der Waals surface area contributed by atoms with Crippen LogP contribution in [0.3, 0.4) is 0 Å². The molecule has 1 saturated heterocycles. The topological polar surface area (TPSA) is 29.3 Å². The normalized spacial score (nSPS) is 23.1. The minimum absolute atomic E-state index is 0.134. The number of hydrogen-bond donors (Lipinski definition) is 1. The lowest BCUT2D eigenvalue weighted by atomic mass is 9.85. The number of nitrogens with zero attached hydrogens (tertiary/aromatic N) is 1. The molecule has 2 N–H and O–H groups in total. The average molecular weight is 339 g/mol. The second-order valence-corrected chi connectivity index (χ2v) is 7.73. The molecular formula is C17H27BrN2. The van der Waals surface area contributed by atoms with E-state index in [-0.39, 0.29) is 6.04 Å². The van der Waals surface area contributed by atoms with E-state index in [0.717, 1.165) is 13.1 Å². The summed E-state index contributed by atoms with van der Waals surface area (Å²) in [5.41, 5.74) is 8.11. The molecule has 0 radical (unpaired) electrons. The molecule has 1 aliphatic heterocycles. The lowest BCUT2D eigenvalue weighted by molar-refractivity contribution is 0.175. The van der Waals surface area contributed by atoms with E-state index in [0.29, 0.717) is 11.5 Å². The Kier molecular flexibility index (Phi) is 5.27. The van der Waals surface area contributed by atoms with Crippen LogP contribution in [0.1, 0.15) is 51.6 Å². The number of rotatable bonds is 3. The second kappa shape index (κ2) is 6.59. The molecule has 1 aliphatic rings. The summed E-state index contributed by atoms with van der Waals surface area (Å²) in [6.07, 6.45) is 3.83. The lowest BCUT2D eigenvalue weighted by Gasteiger charge is -2.34. The molecule has 3 heteroatoms. The van der Waals surface area contributed by atoms with Gasteiger partial charge in [0.1, 0.15) is 0 Å². The van der Waals surface area contributed by atoms with Gasteiger partial charge in [-0.05, 0) is 56.3 Å². The minimum Gasteiger partial charge on any atom is -0.326 e. The van der Waals surface area contributed by atoms with Crippen LogP contribution >= 0.6 is 15.9 Å². The van der Waals surface area contributed by atoms with Crippen molar-refractivity contribution in [3.63, 3.8) is 0 Å². The third-order valence-electron chi connectivity index (χ3n) is 4.49. The SMILES string of the molecule is CC(N)C(c1ccccc1Br)N1CCCC(C)(C)CC1. The van der Waals surface area contributed by atoms with E-state index in [4.69, 9.17) is 5.73 Å². The van der Waals surface area contributed by atoms with Crippen molar-refractivity contribution in [2.75, 3.05) is 13.1 Å². The van der Waals surface area contributed by atoms with Gasteiger partial charge in [0, 0.05) is 10.5 Å². The zero-order chi connectivity index (χ0) is 14.8. The second-order valence-electron chi connectivity index (χ2n) is 6.88. The molecule has 0 aromatic heterocycles. The molecule has 0 aliphatic carbocycles. The molecule has 0 saturated carbocycles. The molecule has 2 unspecified atom stereocenters. The van der Waals surface area contributed by atoms with Crippen LogP contribution in [-0.2, 0) is 0 Å². The molecule has 0 amide bonds. The van der Waals surface area contributed by atoms with Crippen LogP contribution in [-0.4, -0.2) is 24.0 Å². The third-order valence-corrected chi connectivity index (χ3v) is 5.21.